The van der Waals surface area contributed by atoms with E-state index in [0.29, 0.717) is 13.0 Å². The zero-order valence-corrected chi connectivity index (χ0v) is 15.0. The van der Waals surface area contributed by atoms with Gasteiger partial charge in [-0.25, -0.2) is 5.48 Å². The first-order valence-electron chi connectivity index (χ1n) is 8.90. The van der Waals surface area contributed by atoms with Crippen LogP contribution < -0.4 is 5.48 Å². The van der Waals surface area contributed by atoms with Gasteiger partial charge in [0.15, 0.2) is 0 Å². The van der Waals surface area contributed by atoms with E-state index in [2.05, 4.69) is 41.9 Å². The van der Waals surface area contributed by atoms with Crippen molar-refractivity contribution >= 4 is 0 Å². The first kappa shape index (κ1) is 18.3. The minimum Gasteiger partial charge on any atom is -0.391 e. The molecule has 0 amide bonds. The fourth-order valence-corrected chi connectivity index (χ4v) is 3.69. The molecule has 0 saturated carbocycles. The van der Waals surface area contributed by atoms with Crippen LogP contribution in [-0.2, 0) is 10.3 Å². The van der Waals surface area contributed by atoms with Gasteiger partial charge < -0.3 is 9.94 Å². The zero-order valence-electron chi connectivity index (χ0n) is 15.0. The fraction of sp³-hybridized carbons (Fsp3) is 0.217. The summed E-state index contributed by atoms with van der Waals surface area (Å²) in [6, 6.07) is 30.7. The highest BCUT2D eigenvalue weighted by molar-refractivity contribution is 5.51. The summed E-state index contributed by atoms with van der Waals surface area (Å²) in [5, 5.41) is 11.5. The third kappa shape index (κ3) is 3.56. The highest BCUT2D eigenvalue weighted by Crippen LogP contribution is 2.43. The van der Waals surface area contributed by atoms with Crippen LogP contribution in [0.1, 0.15) is 23.1 Å². The molecule has 1 unspecified atom stereocenters. The van der Waals surface area contributed by atoms with Crippen molar-refractivity contribution in [2.24, 2.45) is 0 Å². The summed E-state index contributed by atoms with van der Waals surface area (Å²) in [6.07, 6.45) is -0.0793. The molecular formula is C23H25NO2. The Morgan fingerprint density at radius 3 is 1.50 bits per heavy atom. The van der Waals surface area contributed by atoms with Gasteiger partial charge in [-0.3, -0.25) is 0 Å². The molecule has 0 aliphatic rings. The van der Waals surface area contributed by atoms with Gasteiger partial charge in [-0.15, -0.1) is 0 Å². The second-order valence-electron chi connectivity index (χ2n) is 6.31. The lowest BCUT2D eigenvalue weighted by atomic mass is 9.65. The molecule has 0 radical (unpaired) electrons. The van der Waals surface area contributed by atoms with Crippen LogP contribution in [0.25, 0.3) is 0 Å². The normalized spacial score (nSPS) is 12.7. The van der Waals surface area contributed by atoms with Gasteiger partial charge in [-0.2, -0.15) is 0 Å². The molecule has 3 heteroatoms. The molecule has 0 aliphatic heterocycles. The zero-order chi connectivity index (χ0) is 18.2. The standard InChI is InChI=1S/C23H25NO2/c1-26-24-18-17-22(25)23(19-11-5-2-6-12-19,20-13-7-3-8-14-20)21-15-9-4-10-16-21/h2-16,22,24-25H,17-18H2,1H3. The Morgan fingerprint density at radius 2 is 1.15 bits per heavy atom. The highest BCUT2D eigenvalue weighted by atomic mass is 16.6. The van der Waals surface area contributed by atoms with E-state index in [1.54, 1.807) is 7.11 Å². The van der Waals surface area contributed by atoms with Crippen molar-refractivity contribution in [3.8, 4) is 0 Å². The van der Waals surface area contributed by atoms with Crippen molar-refractivity contribution in [3.05, 3.63) is 108 Å². The van der Waals surface area contributed by atoms with Crippen molar-refractivity contribution in [3.63, 3.8) is 0 Å². The molecule has 3 aromatic carbocycles. The Hall–Kier alpha value is -2.46. The van der Waals surface area contributed by atoms with Crippen LogP contribution >= 0.6 is 0 Å². The van der Waals surface area contributed by atoms with Crippen LogP contribution in [0.2, 0.25) is 0 Å². The first-order valence-corrected chi connectivity index (χ1v) is 8.90. The monoisotopic (exact) mass is 347 g/mol. The third-order valence-electron chi connectivity index (χ3n) is 4.85. The maximum atomic E-state index is 11.5. The quantitative estimate of drug-likeness (QED) is 0.369. The van der Waals surface area contributed by atoms with E-state index in [1.165, 1.54) is 0 Å². The van der Waals surface area contributed by atoms with Gasteiger partial charge in [0.2, 0.25) is 0 Å². The Morgan fingerprint density at radius 1 is 0.769 bits per heavy atom. The Bertz CT molecular complexity index is 678. The van der Waals surface area contributed by atoms with E-state index >= 15 is 0 Å². The molecule has 0 aliphatic carbocycles. The van der Waals surface area contributed by atoms with Gasteiger partial charge in [-0.1, -0.05) is 91.0 Å². The van der Waals surface area contributed by atoms with E-state index in [-0.39, 0.29) is 0 Å². The topological polar surface area (TPSA) is 41.5 Å². The van der Waals surface area contributed by atoms with Crippen LogP contribution in [0.5, 0.6) is 0 Å². The lowest BCUT2D eigenvalue weighted by Crippen LogP contribution is -2.43. The Kier molecular flexibility index (Phi) is 6.18. The first-order chi connectivity index (χ1) is 12.8. The summed E-state index contributed by atoms with van der Waals surface area (Å²) in [7, 11) is 1.59. The van der Waals surface area contributed by atoms with E-state index < -0.39 is 11.5 Å². The Labute approximate surface area is 155 Å². The van der Waals surface area contributed by atoms with Gasteiger partial charge >= 0.3 is 0 Å². The summed E-state index contributed by atoms with van der Waals surface area (Å²) >= 11 is 0. The number of rotatable bonds is 8. The van der Waals surface area contributed by atoms with Crippen molar-refractivity contribution < 1.29 is 9.94 Å². The number of hydroxylamine groups is 1. The maximum Gasteiger partial charge on any atom is 0.0731 e. The van der Waals surface area contributed by atoms with Gasteiger partial charge in [0.25, 0.3) is 0 Å². The second-order valence-corrected chi connectivity index (χ2v) is 6.31. The lowest BCUT2D eigenvalue weighted by molar-refractivity contribution is 0.0607. The van der Waals surface area contributed by atoms with Gasteiger partial charge in [0.05, 0.1) is 18.6 Å². The van der Waals surface area contributed by atoms with Crippen molar-refractivity contribution in [1.29, 1.82) is 0 Å². The molecule has 0 aromatic heterocycles. The Balaban J connectivity index is 2.21. The summed E-state index contributed by atoms with van der Waals surface area (Å²) in [4.78, 5) is 4.96. The fourth-order valence-electron chi connectivity index (χ4n) is 3.69. The molecule has 0 saturated heterocycles. The van der Waals surface area contributed by atoms with Gasteiger partial charge in [-0.05, 0) is 23.1 Å². The second kappa shape index (κ2) is 8.77. The number of benzene rings is 3. The molecule has 0 fully saturated rings. The number of hydrogen-bond donors (Lipinski definition) is 2. The van der Waals surface area contributed by atoms with Gasteiger partial charge in [0, 0.05) is 6.54 Å². The summed E-state index contributed by atoms with van der Waals surface area (Å²) in [5.41, 5.74) is 5.41. The average molecular weight is 347 g/mol. The summed E-state index contributed by atoms with van der Waals surface area (Å²) in [6.45, 7) is 0.561. The average Bonchev–Trinajstić information content (AvgIpc) is 2.71. The molecule has 3 rings (SSSR count). The number of aliphatic hydroxyl groups excluding tert-OH is 1. The highest BCUT2D eigenvalue weighted by Gasteiger charge is 2.42. The molecule has 2 N–H and O–H groups in total. The maximum absolute atomic E-state index is 11.5. The van der Waals surface area contributed by atoms with Crippen LogP contribution in [0.4, 0.5) is 0 Å². The number of hydrogen-bond acceptors (Lipinski definition) is 3. The van der Waals surface area contributed by atoms with Crippen LogP contribution in [-0.4, -0.2) is 24.9 Å². The number of aliphatic hydroxyl groups is 1. The molecule has 0 heterocycles. The predicted molar refractivity (Wildman–Crippen MR) is 105 cm³/mol. The smallest absolute Gasteiger partial charge is 0.0731 e. The summed E-state index contributed by atoms with van der Waals surface area (Å²) < 4.78 is 0. The molecule has 1 atom stereocenters. The van der Waals surface area contributed by atoms with Gasteiger partial charge in [0.1, 0.15) is 0 Å². The minimum absolute atomic E-state index is 0.548. The van der Waals surface area contributed by atoms with E-state index in [4.69, 9.17) is 4.84 Å². The molecule has 3 nitrogen and oxygen atoms in total. The van der Waals surface area contributed by atoms with Crippen molar-refractivity contribution in [2.75, 3.05) is 13.7 Å². The van der Waals surface area contributed by atoms with Crippen molar-refractivity contribution in [2.45, 2.75) is 17.9 Å². The molecule has 134 valence electrons. The molecular weight excluding hydrogens is 322 g/mol. The van der Waals surface area contributed by atoms with E-state index in [0.717, 1.165) is 16.7 Å². The number of nitrogens with one attached hydrogen (secondary N) is 1. The predicted octanol–water partition coefficient (Wildman–Crippen LogP) is 3.92. The van der Waals surface area contributed by atoms with Crippen LogP contribution in [0.3, 0.4) is 0 Å². The van der Waals surface area contributed by atoms with Crippen LogP contribution in [0, 0.1) is 0 Å². The molecule has 0 bridgehead atoms. The lowest BCUT2D eigenvalue weighted by Gasteiger charge is -2.40. The van der Waals surface area contributed by atoms with Crippen molar-refractivity contribution in [1.82, 2.24) is 5.48 Å². The minimum atomic E-state index is -0.654. The third-order valence-corrected chi connectivity index (χ3v) is 4.85. The SMILES string of the molecule is CONCCC(O)C(c1ccccc1)(c1ccccc1)c1ccccc1. The molecule has 26 heavy (non-hydrogen) atoms. The largest absolute Gasteiger partial charge is 0.391 e. The molecule has 3 aromatic rings. The van der Waals surface area contributed by atoms with E-state index in [9.17, 15) is 5.11 Å². The molecule has 0 spiro atoms. The summed E-state index contributed by atoms with van der Waals surface area (Å²) in [5.74, 6) is 0. The van der Waals surface area contributed by atoms with E-state index in [1.807, 2.05) is 54.6 Å². The van der Waals surface area contributed by atoms with Crippen LogP contribution in [0.15, 0.2) is 91.0 Å².